The molecule has 0 aliphatic rings. The third kappa shape index (κ3) is 3.46. The molecule has 7 heteroatoms. The van der Waals surface area contributed by atoms with Gasteiger partial charge in [-0.1, -0.05) is 12.1 Å². The maximum Gasteiger partial charge on any atom is 0.233 e. The zero-order valence-corrected chi connectivity index (χ0v) is 11.5. The van der Waals surface area contributed by atoms with Gasteiger partial charge < -0.3 is 16.3 Å². The molecular weight excluding hydrogens is 246 g/mol. The summed E-state index contributed by atoms with van der Waals surface area (Å²) in [6.07, 6.45) is 3.95. The summed E-state index contributed by atoms with van der Waals surface area (Å²) in [4.78, 5) is 12.2. The Morgan fingerprint density at radius 3 is 2.84 bits per heavy atom. The van der Waals surface area contributed by atoms with E-state index in [1.54, 1.807) is 17.8 Å². The zero-order valence-electron chi connectivity index (χ0n) is 11.5. The van der Waals surface area contributed by atoms with Gasteiger partial charge in [0.05, 0.1) is 6.54 Å². The molecule has 2 unspecified atom stereocenters. The van der Waals surface area contributed by atoms with Crippen LogP contribution >= 0.6 is 0 Å². The first-order valence-corrected chi connectivity index (χ1v) is 6.20. The normalized spacial score (nSPS) is 16.7. The van der Waals surface area contributed by atoms with Gasteiger partial charge in [-0.15, -0.1) is 0 Å². The van der Waals surface area contributed by atoms with Gasteiger partial charge in [0.15, 0.2) is 5.84 Å². The molecule has 0 radical (unpaired) electrons. The number of carbonyl (C=O) groups excluding carboxylic acids is 1. The molecule has 1 rings (SSSR count). The molecule has 0 bridgehead atoms. The summed E-state index contributed by atoms with van der Waals surface area (Å²) in [6, 6.07) is 1.71. The SMILES string of the molecule is CCC(C)(C(=O)NC(C)Cn1cccn1)/C(N)=N/O. The van der Waals surface area contributed by atoms with Crippen LogP contribution in [0.15, 0.2) is 23.6 Å². The predicted molar refractivity (Wildman–Crippen MR) is 71.6 cm³/mol. The molecule has 1 aromatic heterocycles. The van der Waals surface area contributed by atoms with Gasteiger partial charge >= 0.3 is 0 Å². The Morgan fingerprint density at radius 2 is 2.37 bits per heavy atom. The van der Waals surface area contributed by atoms with Crippen LogP contribution in [0, 0.1) is 5.41 Å². The van der Waals surface area contributed by atoms with Crippen molar-refractivity contribution < 1.29 is 10.0 Å². The summed E-state index contributed by atoms with van der Waals surface area (Å²) in [5.41, 5.74) is 4.59. The molecule has 0 aliphatic heterocycles. The van der Waals surface area contributed by atoms with Crippen LogP contribution in [-0.4, -0.2) is 32.8 Å². The van der Waals surface area contributed by atoms with Crippen molar-refractivity contribution in [3.63, 3.8) is 0 Å². The van der Waals surface area contributed by atoms with E-state index >= 15 is 0 Å². The minimum atomic E-state index is -1.01. The Bertz CT molecular complexity index is 443. The standard InChI is InChI=1S/C12H21N5O2/c1-4-12(3,10(13)16-19)11(18)15-9(2)8-17-7-5-6-14-17/h5-7,9,19H,4,8H2,1-3H3,(H2,13,16)(H,15,18). The number of hydrogen-bond donors (Lipinski definition) is 3. The smallest absolute Gasteiger partial charge is 0.233 e. The topological polar surface area (TPSA) is 106 Å². The van der Waals surface area contributed by atoms with Gasteiger partial charge in [0.25, 0.3) is 0 Å². The Kier molecular flexibility index (Phi) is 4.91. The molecule has 0 aliphatic carbocycles. The van der Waals surface area contributed by atoms with Crippen LogP contribution in [0.25, 0.3) is 0 Å². The van der Waals surface area contributed by atoms with E-state index in [0.717, 1.165) is 0 Å². The van der Waals surface area contributed by atoms with Crippen LogP contribution in [0.2, 0.25) is 0 Å². The number of nitrogens with two attached hydrogens (primary N) is 1. The predicted octanol–water partition coefficient (Wildman–Crippen LogP) is 0.551. The molecule has 2 atom stereocenters. The molecule has 0 spiro atoms. The molecular formula is C12H21N5O2. The first-order valence-electron chi connectivity index (χ1n) is 6.20. The second-order valence-corrected chi connectivity index (χ2v) is 4.77. The van der Waals surface area contributed by atoms with Gasteiger partial charge in [-0.25, -0.2) is 0 Å². The van der Waals surface area contributed by atoms with Crippen molar-refractivity contribution in [1.29, 1.82) is 0 Å². The number of nitrogens with zero attached hydrogens (tertiary/aromatic N) is 3. The van der Waals surface area contributed by atoms with Crippen molar-refractivity contribution in [3.8, 4) is 0 Å². The van der Waals surface area contributed by atoms with Crippen molar-refractivity contribution >= 4 is 11.7 Å². The Labute approximate surface area is 112 Å². The number of carbonyl (C=O) groups is 1. The highest BCUT2D eigenvalue weighted by molar-refractivity contribution is 6.06. The summed E-state index contributed by atoms with van der Waals surface area (Å²) >= 11 is 0. The lowest BCUT2D eigenvalue weighted by atomic mass is 9.85. The highest BCUT2D eigenvalue weighted by Gasteiger charge is 2.36. The van der Waals surface area contributed by atoms with E-state index in [1.165, 1.54) is 0 Å². The molecule has 0 saturated carbocycles. The summed E-state index contributed by atoms with van der Waals surface area (Å²) in [6.45, 7) is 5.91. The van der Waals surface area contributed by atoms with Crippen molar-refractivity contribution in [2.24, 2.45) is 16.3 Å². The van der Waals surface area contributed by atoms with E-state index in [9.17, 15) is 4.79 Å². The van der Waals surface area contributed by atoms with Crippen LogP contribution in [-0.2, 0) is 11.3 Å². The number of hydrogen-bond acceptors (Lipinski definition) is 4. The maximum atomic E-state index is 12.2. The average Bonchev–Trinajstić information content (AvgIpc) is 2.89. The van der Waals surface area contributed by atoms with Crippen LogP contribution in [0.1, 0.15) is 27.2 Å². The molecule has 0 saturated heterocycles. The van der Waals surface area contributed by atoms with E-state index < -0.39 is 5.41 Å². The van der Waals surface area contributed by atoms with E-state index in [4.69, 9.17) is 10.9 Å². The maximum absolute atomic E-state index is 12.2. The second kappa shape index (κ2) is 6.21. The van der Waals surface area contributed by atoms with Crippen LogP contribution in [0.3, 0.4) is 0 Å². The van der Waals surface area contributed by atoms with Gasteiger partial charge in [0.2, 0.25) is 5.91 Å². The molecule has 106 valence electrons. The van der Waals surface area contributed by atoms with E-state index in [0.29, 0.717) is 13.0 Å². The Hall–Kier alpha value is -2.05. The molecule has 0 fully saturated rings. The molecule has 1 aromatic rings. The van der Waals surface area contributed by atoms with Crippen molar-refractivity contribution in [2.75, 3.05) is 0 Å². The minimum absolute atomic E-state index is 0.0845. The molecule has 19 heavy (non-hydrogen) atoms. The second-order valence-electron chi connectivity index (χ2n) is 4.77. The lowest BCUT2D eigenvalue weighted by Crippen LogP contribution is -2.50. The Balaban J connectivity index is 2.67. The molecule has 4 N–H and O–H groups in total. The van der Waals surface area contributed by atoms with Gasteiger partial charge in [0, 0.05) is 18.4 Å². The van der Waals surface area contributed by atoms with Crippen LogP contribution in [0.5, 0.6) is 0 Å². The van der Waals surface area contributed by atoms with Gasteiger partial charge in [-0.3, -0.25) is 9.48 Å². The number of aromatic nitrogens is 2. The molecule has 1 amide bonds. The van der Waals surface area contributed by atoms with E-state index in [-0.39, 0.29) is 17.8 Å². The number of oxime groups is 1. The highest BCUT2D eigenvalue weighted by Crippen LogP contribution is 2.21. The third-order valence-electron chi connectivity index (χ3n) is 3.28. The number of amidine groups is 1. The number of amides is 1. The van der Waals surface area contributed by atoms with Crippen molar-refractivity contribution in [3.05, 3.63) is 18.5 Å². The lowest BCUT2D eigenvalue weighted by Gasteiger charge is -2.27. The molecule has 0 aromatic carbocycles. The Morgan fingerprint density at radius 1 is 1.68 bits per heavy atom. The summed E-state index contributed by atoms with van der Waals surface area (Å²) in [5, 5.41) is 18.6. The first-order chi connectivity index (χ1) is 8.93. The highest BCUT2D eigenvalue weighted by atomic mass is 16.4. The average molecular weight is 267 g/mol. The lowest BCUT2D eigenvalue weighted by molar-refractivity contribution is -0.127. The largest absolute Gasteiger partial charge is 0.409 e. The number of rotatable bonds is 6. The first kappa shape index (κ1) is 15.0. The van der Waals surface area contributed by atoms with Gasteiger partial charge in [-0.2, -0.15) is 5.10 Å². The third-order valence-corrected chi connectivity index (χ3v) is 3.28. The minimum Gasteiger partial charge on any atom is -0.409 e. The quantitative estimate of drug-likeness (QED) is 0.303. The molecule has 1 heterocycles. The van der Waals surface area contributed by atoms with Crippen molar-refractivity contribution in [2.45, 2.75) is 39.8 Å². The summed E-state index contributed by atoms with van der Waals surface area (Å²) < 4.78 is 1.73. The summed E-state index contributed by atoms with van der Waals surface area (Å²) in [5.74, 6) is -0.344. The van der Waals surface area contributed by atoms with E-state index in [2.05, 4.69) is 15.6 Å². The van der Waals surface area contributed by atoms with Gasteiger partial charge in [0.1, 0.15) is 5.41 Å². The zero-order chi connectivity index (χ0) is 14.5. The fraction of sp³-hybridized carbons (Fsp3) is 0.583. The van der Waals surface area contributed by atoms with Crippen LogP contribution in [0.4, 0.5) is 0 Å². The van der Waals surface area contributed by atoms with Crippen LogP contribution < -0.4 is 11.1 Å². The molecule has 7 nitrogen and oxygen atoms in total. The summed E-state index contributed by atoms with van der Waals surface area (Å²) in [7, 11) is 0. The van der Waals surface area contributed by atoms with Gasteiger partial charge in [-0.05, 0) is 26.3 Å². The number of nitrogens with one attached hydrogen (secondary N) is 1. The van der Waals surface area contributed by atoms with E-state index in [1.807, 2.05) is 26.1 Å². The fourth-order valence-electron chi connectivity index (χ4n) is 1.69. The fourth-order valence-corrected chi connectivity index (χ4v) is 1.69. The van der Waals surface area contributed by atoms with Crippen molar-refractivity contribution in [1.82, 2.24) is 15.1 Å². The monoisotopic (exact) mass is 267 g/mol.